The van der Waals surface area contributed by atoms with Crippen LogP contribution in [0.5, 0.6) is 0 Å². The van der Waals surface area contributed by atoms with Crippen LogP contribution in [0.15, 0.2) is 54.6 Å². The monoisotopic (exact) mass is 387 g/mol. The van der Waals surface area contributed by atoms with Crippen LogP contribution < -0.4 is 5.32 Å². The van der Waals surface area contributed by atoms with Crippen molar-refractivity contribution >= 4 is 38.8 Å². The van der Waals surface area contributed by atoms with Crippen LogP contribution >= 0.6 is 11.3 Å². The Kier molecular flexibility index (Phi) is 4.92. The van der Waals surface area contributed by atoms with Crippen LogP contribution in [-0.4, -0.2) is 15.8 Å². The maximum absolute atomic E-state index is 11.5. The summed E-state index contributed by atoms with van der Waals surface area (Å²) >= 11 is 1.70. The van der Waals surface area contributed by atoms with Gasteiger partial charge in [0.25, 0.3) is 0 Å². The number of nitrogens with zero attached hydrogens (tertiary/aromatic N) is 2. The number of benzene rings is 2. The molecule has 0 aliphatic rings. The normalized spacial score (nSPS) is 11.0. The first-order chi connectivity index (χ1) is 13.5. The van der Waals surface area contributed by atoms with Crippen LogP contribution in [0.1, 0.15) is 39.1 Å². The van der Waals surface area contributed by atoms with E-state index < -0.39 is 0 Å². The van der Waals surface area contributed by atoms with Gasteiger partial charge in [0.2, 0.25) is 0 Å². The molecule has 0 bridgehead atoms. The molecule has 0 atom stereocenters. The fraction of sp³-hybridized carbons (Fsp3) is 0.174. The number of carbonyl (C=O) groups is 1. The van der Waals surface area contributed by atoms with Gasteiger partial charge in [-0.05, 0) is 56.2 Å². The van der Waals surface area contributed by atoms with Crippen molar-refractivity contribution in [1.82, 2.24) is 9.97 Å². The zero-order valence-corrected chi connectivity index (χ0v) is 16.9. The third kappa shape index (κ3) is 3.66. The van der Waals surface area contributed by atoms with E-state index in [0.29, 0.717) is 12.0 Å². The van der Waals surface area contributed by atoms with Crippen molar-refractivity contribution in [3.05, 3.63) is 82.0 Å². The second-order valence-corrected chi connectivity index (χ2v) is 8.08. The lowest BCUT2D eigenvalue weighted by Gasteiger charge is -2.10. The van der Waals surface area contributed by atoms with Crippen molar-refractivity contribution in [2.75, 3.05) is 5.32 Å². The third-order valence-corrected chi connectivity index (χ3v) is 5.94. The van der Waals surface area contributed by atoms with Gasteiger partial charge in [0.1, 0.15) is 16.5 Å². The first-order valence-corrected chi connectivity index (χ1v) is 10.0. The second kappa shape index (κ2) is 7.52. The molecule has 2 heterocycles. The summed E-state index contributed by atoms with van der Waals surface area (Å²) in [4.78, 5) is 23.4. The van der Waals surface area contributed by atoms with E-state index in [1.807, 2.05) is 42.5 Å². The molecule has 0 saturated heterocycles. The molecule has 0 fully saturated rings. The lowest BCUT2D eigenvalue weighted by Crippen LogP contribution is -2.02. The molecule has 0 aliphatic carbocycles. The molecule has 2 aromatic carbocycles. The van der Waals surface area contributed by atoms with Gasteiger partial charge in [-0.2, -0.15) is 0 Å². The van der Waals surface area contributed by atoms with Gasteiger partial charge in [0.05, 0.1) is 5.39 Å². The minimum Gasteiger partial charge on any atom is -0.340 e. The lowest BCUT2D eigenvalue weighted by molar-refractivity contribution is 0.101. The highest BCUT2D eigenvalue weighted by Gasteiger charge is 2.15. The summed E-state index contributed by atoms with van der Waals surface area (Å²) in [7, 11) is 0. The predicted molar refractivity (Wildman–Crippen MR) is 116 cm³/mol. The molecule has 0 spiro atoms. The van der Waals surface area contributed by atoms with Gasteiger partial charge >= 0.3 is 0 Å². The van der Waals surface area contributed by atoms with Crippen LogP contribution in [-0.2, 0) is 6.42 Å². The molecular weight excluding hydrogens is 366 g/mol. The van der Waals surface area contributed by atoms with Crippen LogP contribution in [0, 0.1) is 13.8 Å². The first kappa shape index (κ1) is 18.3. The van der Waals surface area contributed by atoms with Gasteiger partial charge < -0.3 is 5.32 Å². The number of carbonyl (C=O) groups excluding carboxylic acids is 1. The Bertz CT molecular complexity index is 1150. The Balaban J connectivity index is 1.75. The molecule has 0 aliphatic heterocycles. The Morgan fingerprint density at radius 1 is 1.00 bits per heavy atom. The summed E-state index contributed by atoms with van der Waals surface area (Å²) in [5.74, 6) is 1.67. The summed E-state index contributed by atoms with van der Waals surface area (Å²) in [6, 6.07) is 17.7. The van der Waals surface area contributed by atoms with E-state index in [1.165, 1.54) is 16.0 Å². The SMILES string of the molecule is CC(=O)c1ccc(Nc2nc(Cc3ccccc3)nc3sc(C)c(C)c23)cc1. The molecule has 140 valence electrons. The number of thiophene rings is 1. The van der Waals surface area contributed by atoms with Gasteiger partial charge in [-0.15, -0.1) is 11.3 Å². The van der Waals surface area contributed by atoms with Gasteiger partial charge in [0.15, 0.2) is 5.78 Å². The van der Waals surface area contributed by atoms with Crippen molar-refractivity contribution in [1.29, 1.82) is 0 Å². The van der Waals surface area contributed by atoms with Crippen LogP contribution in [0.25, 0.3) is 10.2 Å². The highest BCUT2D eigenvalue weighted by Crippen LogP contribution is 2.34. The van der Waals surface area contributed by atoms with Gasteiger partial charge in [-0.1, -0.05) is 30.3 Å². The fourth-order valence-corrected chi connectivity index (χ4v) is 4.21. The van der Waals surface area contributed by atoms with E-state index in [1.54, 1.807) is 18.3 Å². The van der Waals surface area contributed by atoms with E-state index in [9.17, 15) is 4.79 Å². The topological polar surface area (TPSA) is 54.9 Å². The average Bonchev–Trinajstić information content (AvgIpc) is 2.97. The zero-order valence-electron chi connectivity index (χ0n) is 16.1. The van der Waals surface area contributed by atoms with Crippen molar-refractivity contribution in [2.45, 2.75) is 27.2 Å². The Morgan fingerprint density at radius 3 is 2.39 bits per heavy atom. The number of rotatable bonds is 5. The van der Waals surface area contributed by atoms with Gasteiger partial charge in [-0.25, -0.2) is 9.97 Å². The van der Waals surface area contributed by atoms with Crippen molar-refractivity contribution in [3.8, 4) is 0 Å². The average molecular weight is 388 g/mol. The molecule has 4 aromatic rings. The van der Waals surface area contributed by atoms with Crippen molar-refractivity contribution in [2.24, 2.45) is 0 Å². The molecule has 5 heteroatoms. The number of fused-ring (bicyclic) bond motifs is 1. The highest BCUT2D eigenvalue weighted by atomic mass is 32.1. The molecule has 28 heavy (non-hydrogen) atoms. The highest BCUT2D eigenvalue weighted by molar-refractivity contribution is 7.18. The quantitative estimate of drug-likeness (QED) is 0.437. The van der Waals surface area contributed by atoms with Crippen LogP contribution in [0.3, 0.4) is 0 Å². The summed E-state index contributed by atoms with van der Waals surface area (Å²) in [6.07, 6.45) is 0.685. The van der Waals surface area contributed by atoms with E-state index >= 15 is 0 Å². The lowest BCUT2D eigenvalue weighted by atomic mass is 10.1. The van der Waals surface area contributed by atoms with Crippen LogP contribution in [0.2, 0.25) is 0 Å². The summed E-state index contributed by atoms with van der Waals surface area (Å²) in [5.41, 5.74) is 3.99. The minimum absolute atomic E-state index is 0.0606. The number of hydrogen-bond donors (Lipinski definition) is 1. The number of nitrogens with one attached hydrogen (secondary N) is 1. The summed E-state index contributed by atoms with van der Waals surface area (Å²) in [5, 5.41) is 4.50. The second-order valence-electron chi connectivity index (χ2n) is 6.87. The maximum Gasteiger partial charge on any atom is 0.159 e. The summed E-state index contributed by atoms with van der Waals surface area (Å²) in [6.45, 7) is 5.80. The Hall–Kier alpha value is -3.05. The van der Waals surface area contributed by atoms with Crippen LogP contribution in [0.4, 0.5) is 11.5 Å². The molecule has 0 saturated carbocycles. The molecule has 2 aromatic heterocycles. The first-order valence-electron chi connectivity index (χ1n) is 9.20. The number of anilines is 2. The van der Waals surface area contributed by atoms with Gasteiger partial charge in [0, 0.05) is 22.5 Å². The van der Waals surface area contributed by atoms with E-state index in [2.05, 4.69) is 31.3 Å². The number of Topliss-reactive ketones (excluding diaryl/α,β-unsaturated/α-hetero) is 1. The zero-order chi connectivity index (χ0) is 19.7. The summed E-state index contributed by atoms with van der Waals surface area (Å²) < 4.78 is 0. The van der Waals surface area contributed by atoms with Gasteiger partial charge in [-0.3, -0.25) is 4.79 Å². The molecule has 0 radical (unpaired) electrons. The number of hydrogen-bond acceptors (Lipinski definition) is 5. The van der Waals surface area contributed by atoms with Crippen molar-refractivity contribution < 1.29 is 4.79 Å². The molecule has 4 nitrogen and oxygen atoms in total. The third-order valence-electron chi connectivity index (χ3n) is 4.83. The molecular formula is C23H21N3OS. The Labute approximate surface area is 168 Å². The predicted octanol–water partition coefficient (Wildman–Crippen LogP) is 5.85. The van der Waals surface area contributed by atoms with Crippen molar-refractivity contribution in [3.63, 3.8) is 0 Å². The van der Waals surface area contributed by atoms with E-state index in [-0.39, 0.29) is 5.78 Å². The smallest absolute Gasteiger partial charge is 0.159 e. The molecule has 1 N–H and O–H groups in total. The number of aryl methyl sites for hydroxylation is 2. The standard InChI is InChI=1S/C23H21N3OS/c1-14-16(3)28-23-21(14)22(24-19-11-9-18(10-12-19)15(2)27)25-20(26-23)13-17-7-5-4-6-8-17/h4-12H,13H2,1-3H3,(H,24,25,26). The van der Waals surface area contributed by atoms with E-state index in [0.717, 1.165) is 27.5 Å². The number of ketones is 1. The fourth-order valence-electron chi connectivity index (χ4n) is 3.17. The minimum atomic E-state index is 0.0606. The molecule has 4 rings (SSSR count). The largest absolute Gasteiger partial charge is 0.340 e. The maximum atomic E-state index is 11.5. The van der Waals surface area contributed by atoms with E-state index in [4.69, 9.17) is 9.97 Å². The molecule has 0 unspecified atom stereocenters. The molecule has 0 amide bonds. The Morgan fingerprint density at radius 2 is 1.71 bits per heavy atom. The number of aromatic nitrogens is 2.